The van der Waals surface area contributed by atoms with Crippen molar-refractivity contribution < 1.29 is 27.9 Å². The average Bonchev–Trinajstić information content (AvgIpc) is 3.32. The number of aliphatic hydroxyl groups excluding tert-OH is 1. The first kappa shape index (κ1) is 20.9. The van der Waals surface area contributed by atoms with Crippen LogP contribution in [0.3, 0.4) is 0 Å². The predicted octanol–water partition coefficient (Wildman–Crippen LogP) is 5.34. The molecule has 1 amide bonds. The van der Waals surface area contributed by atoms with Crippen molar-refractivity contribution in [3.63, 3.8) is 0 Å². The zero-order chi connectivity index (χ0) is 23.3. The van der Waals surface area contributed by atoms with Crippen LogP contribution in [0, 0.1) is 17.5 Å². The van der Waals surface area contributed by atoms with Crippen LogP contribution >= 0.6 is 11.3 Å². The normalized spacial score (nSPS) is 17.8. The highest BCUT2D eigenvalue weighted by molar-refractivity contribution is 7.22. The summed E-state index contributed by atoms with van der Waals surface area (Å²) in [5.74, 6) is -4.15. The number of carbonyl (C=O) groups excluding carboxylic acids is 2. The van der Waals surface area contributed by atoms with Crippen molar-refractivity contribution in [1.29, 1.82) is 0 Å². The number of hydrogen-bond acceptors (Lipinski definition) is 5. The van der Waals surface area contributed by atoms with E-state index in [9.17, 15) is 27.9 Å². The summed E-state index contributed by atoms with van der Waals surface area (Å²) in [6.07, 6.45) is 0. The number of ketones is 1. The first-order valence-corrected chi connectivity index (χ1v) is 10.5. The third-order valence-corrected chi connectivity index (χ3v) is 6.29. The number of nitrogens with zero attached hydrogens (tertiary/aromatic N) is 2. The van der Waals surface area contributed by atoms with Gasteiger partial charge in [0.25, 0.3) is 5.78 Å². The van der Waals surface area contributed by atoms with Crippen LogP contribution in [0.15, 0.2) is 72.3 Å². The van der Waals surface area contributed by atoms with Gasteiger partial charge in [-0.2, -0.15) is 0 Å². The third kappa shape index (κ3) is 3.56. The lowest BCUT2D eigenvalue weighted by Gasteiger charge is -2.23. The minimum atomic E-state index is -1.20. The Hall–Kier alpha value is -3.98. The summed E-state index contributed by atoms with van der Waals surface area (Å²) in [6.45, 7) is 0. The minimum Gasteiger partial charge on any atom is -0.507 e. The molecule has 1 N–H and O–H groups in total. The van der Waals surface area contributed by atoms with E-state index in [4.69, 9.17) is 0 Å². The Bertz CT molecular complexity index is 1460. The number of aromatic nitrogens is 1. The van der Waals surface area contributed by atoms with E-state index in [2.05, 4.69) is 4.98 Å². The summed E-state index contributed by atoms with van der Waals surface area (Å²) < 4.78 is 41.6. The lowest BCUT2D eigenvalue weighted by Crippen LogP contribution is -2.29. The van der Waals surface area contributed by atoms with Crippen LogP contribution in [0.5, 0.6) is 0 Å². The Morgan fingerprint density at radius 2 is 1.61 bits per heavy atom. The van der Waals surface area contributed by atoms with Gasteiger partial charge in [-0.15, -0.1) is 0 Å². The van der Waals surface area contributed by atoms with E-state index in [-0.39, 0.29) is 21.8 Å². The Balaban J connectivity index is 1.74. The van der Waals surface area contributed by atoms with Gasteiger partial charge in [0.15, 0.2) is 5.13 Å². The van der Waals surface area contributed by atoms with Gasteiger partial charge in [0.05, 0.1) is 21.8 Å². The van der Waals surface area contributed by atoms with Crippen LogP contribution in [-0.4, -0.2) is 21.8 Å². The summed E-state index contributed by atoms with van der Waals surface area (Å²) in [5, 5.41) is 11.0. The number of Topliss-reactive ketones (excluding diaryl/α,β-unsaturated/α-hetero) is 1. The second kappa shape index (κ2) is 7.86. The zero-order valence-corrected chi connectivity index (χ0v) is 17.4. The fraction of sp³-hybridized carbons (Fsp3) is 0.0417. The highest BCUT2D eigenvalue weighted by Crippen LogP contribution is 2.44. The fourth-order valence-corrected chi connectivity index (χ4v) is 4.79. The number of halogens is 3. The number of thiazole rings is 1. The maximum absolute atomic E-state index is 14.1. The third-order valence-electron chi connectivity index (χ3n) is 5.27. The van der Waals surface area contributed by atoms with Gasteiger partial charge >= 0.3 is 5.91 Å². The van der Waals surface area contributed by atoms with Crippen LogP contribution in [-0.2, 0) is 9.59 Å². The summed E-state index contributed by atoms with van der Waals surface area (Å²) in [4.78, 5) is 31.6. The molecule has 1 saturated heterocycles. The smallest absolute Gasteiger partial charge is 0.301 e. The molecule has 33 heavy (non-hydrogen) atoms. The van der Waals surface area contributed by atoms with Crippen LogP contribution in [0.4, 0.5) is 18.3 Å². The standard InChI is InChI=1S/C24H13F3N2O3S/c25-14-6-4-12(5-7-14)21(30)19-20(13-2-1-3-15(26)10-13)29(23(32)22(19)31)24-28-17-9-8-16(27)11-18(17)33-24/h1-11,20,30H/t20-/m0/s1. The number of anilines is 1. The molecule has 0 unspecified atom stereocenters. The summed E-state index contributed by atoms with van der Waals surface area (Å²) in [5.41, 5.74) is 0.461. The van der Waals surface area contributed by atoms with Crippen molar-refractivity contribution in [3.05, 3.63) is 101 Å². The second-order valence-corrected chi connectivity index (χ2v) is 8.35. The lowest BCUT2D eigenvalue weighted by molar-refractivity contribution is -0.132. The minimum absolute atomic E-state index is 0.0881. The van der Waals surface area contributed by atoms with Gasteiger partial charge in [-0.25, -0.2) is 18.2 Å². The molecule has 1 fully saturated rings. The van der Waals surface area contributed by atoms with E-state index in [0.29, 0.717) is 10.2 Å². The lowest BCUT2D eigenvalue weighted by atomic mass is 9.95. The van der Waals surface area contributed by atoms with Gasteiger partial charge in [0.1, 0.15) is 23.2 Å². The molecule has 1 aliphatic heterocycles. The first-order valence-electron chi connectivity index (χ1n) is 9.72. The van der Waals surface area contributed by atoms with Crippen molar-refractivity contribution in [2.24, 2.45) is 0 Å². The Kier molecular flexibility index (Phi) is 4.98. The Morgan fingerprint density at radius 3 is 2.33 bits per heavy atom. The summed E-state index contributed by atoms with van der Waals surface area (Å²) in [7, 11) is 0. The second-order valence-electron chi connectivity index (χ2n) is 7.34. The van der Waals surface area contributed by atoms with Gasteiger partial charge in [0, 0.05) is 5.56 Å². The Labute approximate surface area is 189 Å². The number of amides is 1. The molecule has 5 rings (SSSR count). The molecule has 9 heteroatoms. The molecule has 5 nitrogen and oxygen atoms in total. The van der Waals surface area contributed by atoms with Crippen LogP contribution in [0.25, 0.3) is 16.0 Å². The molecule has 1 aliphatic rings. The molecule has 3 aromatic carbocycles. The molecule has 164 valence electrons. The SMILES string of the molecule is O=C1C(=O)N(c2nc3ccc(F)cc3s2)[C@@H](c2cccc(F)c2)C1=C(O)c1ccc(F)cc1. The van der Waals surface area contributed by atoms with Gasteiger partial charge in [-0.05, 0) is 60.2 Å². The highest BCUT2D eigenvalue weighted by Gasteiger charge is 2.48. The van der Waals surface area contributed by atoms with Crippen molar-refractivity contribution in [1.82, 2.24) is 4.98 Å². The van der Waals surface area contributed by atoms with E-state index in [1.807, 2.05) is 0 Å². The van der Waals surface area contributed by atoms with Crippen molar-refractivity contribution in [3.8, 4) is 0 Å². The molecule has 0 spiro atoms. The molecule has 0 bridgehead atoms. The van der Waals surface area contributed by atoms with E-state index in [0.717, 1.165) is 34.4 Å². The molecule has 0 aliphatic carbocycles. The first-order chi connectivity index (χ1) is 15.8. The van der Waals surface area contributed by atoms with Crippen LogP contribution in [0.2, 0.25) is 0 Å². The van der Waals surface area contributed by atoms with Gasteiger partial charge in [-0.3, -0.25) is 14.5 Å². The van der Waals surface area contributed by atoms with E-state index in [1.165, 1.54) is 48.5 Å². The number of fused-ring (bicyclic) bond motifs is 1. The number of benzene rings is 3. The molecular weight excluding hydrogens is 453 g/mol. The topological polar surface area (TPSA) is 70.5 Å². The highest BCUT2D eigenvalue weighted by atomic mass is 32.1. The molecule has 1 atom stereocenters. The van der Waals surface area contributed by atoms with E-state index in [1.54, 1.807) is 0 Å². The summed E-state index contributed by atoms with van der Waals surface area (Å²) >= 11 is 0.983. The molecule has 0 saturated carbocycles. The predicted molar refractivity (Wildman–Crippen MR) is 117 cm³/mol. The van der Waals surface area contributed by atoms with Gasteiger partial charge < -0.3 is 5.11 Å². The maximum atomic E-state index is 14.1. The van der Waals surface area contributed by atoms with Crippen molar-refractivity contribution >= 4 is 44.1 Å². The average molecular weight is 466 g/mol. The van der Waals surface area contributed by atoms with Crippen LogP contribution < -0.4 is 4.90 Å². The molecular formula is C24H13F3N2O3S. The van der Waals surface area contributed by atoms with E-state index < -0.39 is 40.9 Å². The monoisotopic (exact) mass is 466 g/mol. The number of aliphatic hydroxyl groups is 1. The summed E-state index contributed by atoms with van der Waals surface area (Å²) in [6, 6.07) is 12.7. The molecule has 4 aromatic rings. The maximum Gasteiger partial charge on any atom is 0.301 e. The quantitative estimate of drug-likeness (QED) is 0.251. The fourth-order valence-electron chi connectivity index (χ4n) is 3.77. The molecule has 1 aromatic heterocycles. The number of rotatable bonds is 3. The number of hydrogen-bond donors (Lipinski definition) is 1. The van der Waals surface area contributed by atoms with Crippen LogP contribution in [0.1, 0.15) is 17.2 Å². The Morgan fingerprint density at radius 1 is 0.909 bits per heavy atom. The van der Waals surface area contributed by atoms with Gasteiger partial charge in [0.2, 0.25) is 0 Å². The van der Waals surface area contributed by atoms with E-state index >= 15 is 0 Å². The largest absolute Gasteiger partial charge is 0.507 e. The van der Waals surface area contributed by atoms with Crippen molar-refractivity contribution in [2.75, 3.05) is 4.90 Å². The molecule has 0 radical (unpaired) electrons. The number of carbonyl (C=O) groups is 2. The zero-order valence-electron chi connectivity index (χ0n) is 16.6. The van der Waals surface area contributed by atoms with Gasteiger partial charge in [-0.1, -0.05) is 23.5 Å². The molecule has 2 heterocycles. The van der Waals surface area contributed by atoms with Crippen molar-refractivity contribution in [2.45, 2.75) is 6.04 Å².